The van der Waals surface area contributed by atoms with E-state index in [9.17, 15) is 14.7 Å². The summed E-state index contributed by atoms with van der Waals surface area (Å²) in [4.78, 5) is 23.8. The van der Waals surface area contributed by atoms with Crippen molar-refractivity contribution in [2.45, 2.75) is 38.5 Å². The van der Waals surface area contributed by atoms with E-state index in [0.717, 1.165) is 36.8 Å². The molecule has 0 radical (unpaired) electrons. The maximum absolute atomic E-state index is 12.2. The summed E-state index contributed by atoms with van der Waals surface area (Å²) in [6.07, 6.45) is 6.19. The highest BCUT2D eigenvalue weighted by Crippen LogP contribution is 2.41. The lowest BCUT2D eigenvalue weighted by atomic mass is 9.67. The predicted molar refractivity (Wildman–Crippen MR) is 83.6 cm³/mol. The van der Waals surface area contributed by atoms with E-state index in [0.29, 0.717) is 23.0 Å². The van der Waals surface area contributed by atoms with Crippen molar-refractivity contribution in [3.05, 3.63) is 34.4 Å². The van der Waals surface area contributed by atoms with E-state index in [2.05, 4.69) is 0 Å². The third-order valence-electron chi connectivity index (χ3n) is 5.21. The van der Waals surface area contributed by atoms with Gasteiger partial charge in [0.15, 0.2) is 0 Å². The van der Waals surface area contributed by atoms with Crippen molar-refractivity contribution in [1.29, 1.82) is 0 Å². The number of esters is 1. The monoisotopic (exact) mass is 318 g/mol. The number of carboxylic acid groups (broad SMARTS) is 1. The van der Waals surface area contributed by atoms with Crippen LogP contribution < -0.4 is 0 Å². The number of benzene rings is 1. The van der Waals surface area contributed by atoms with Gasteiger partial charge in [-0.15, -0.1) is 0 Å². The second-order valence-electron chi connectivity index (χ2n) is 6.50. The van der Waals surface area contributed by atoms with Crippen molar-refractivity contribution in [3.63, 3.8) is 0 Å². The Morgan fingerprint density at radius 2 is 1.61 bits per heavy atom. The molecule has 1 aromatic rings. The molecule has 0 saturated heterocycles. The second kappa shape index (κ2) is 6.71. The van der Waals surface area contributed by atoms with Gasteiger partial charge < -0.3 is 14.9 Å². The van der Waals surface area contributed by atoms with Crippen LogP contribution in [0.15, 0.2) is 12.1 Å². The molecule has 2 aliphatic carbocycles. The molecule has 2 N–H and O–H groups in total. The van der Waals surface area contributed by atoms with E-state index in [1.165, 1.54) is 18.9 Å². The zero-order valence-electron chi connectivity index (χ0n) is 13.1. The zero-order valence-corrected chi connectivity index (χ0v) is 13.1. The number of ether oxygens (including phenoxy) is 1. The van der Waals surface area contributed by atoms with Crippen LogP contribution in [-0.2, 0) is 17.6 Å². The van der Waals surface area contributed by atoms with Crippen LogP contribution in [0.4, 0.5) is 0 Å². The van der Waals surface area contributed by atoms with Crippen molar-refractivity contribution in [2.24, 2.45) is 11.8 Å². The highest BCUT2D eigenvalue weighted by molar-refractivity contribution is 5.96. The molecule has 0 heterocycles. The first-order valence-corrected chi connectivity index (χ1v) is 8.27. The number of aromatic carboxylic acids is 1. The molecular weight excluding hydrogens is 296 g/mol. The minimum atomic E-state index is -0.939. The number of carbonyl (C=O) groups excluding carboxylic acids is 1. The first-order valence-electron chi connectivity index (χ1n) is 8.27. The van der Waals surface area contributed by atoms with Crippen LogP contribution in [0.2, 0.25) is 0 Å². The van der Waals surface area contributed by atoms with Gasteiger partial charge in [-0.05, 0) is 60.8 Å². The van der Waals surface area contributed by atoms with Gasteiger partial charge in [0.1, 0.15) is 6.61 Å². The standard InChI is InChI=1S/C18H22O5/c19-7-8-23-18(22)14-6-5-13(17(20)21)15-9-11-3-1-2-4-12(11)10-16(14)15/h5-6,11-12,19H,1-4,7-10H2,(H,20,21). The maximum Gasteiger partial charge on any atom is 0.338 e. The summed E-state index contributed by atoms with van der Waals surface area (Å²) in [5, 5.41) is 18.3. The topological polar surface area (TPSA) is 83.8 Å². The van der Waals surface area contributed by atoms with Crippen LogP contribution in [0, 0.1) is 11.8 Å². The molecule has 2 atom stereocenters. The van der Waals surface area contributed by atoms with Crippen LogP contribution in [0.25, 0.3) is 0 Å². The minimum Gasteiger partial charge on any atom is -0.478 e. The van der Waals surface area contributed by atoms with Gasteiger partial charge in [0.2, 0.25) is 0 Å². The zero-order chi connectivity index (χ0) is 16.4. The number of fused-ring (bicyclic) bond motifs is 2. The second-order valence-corrected chi connectivity index (χ2v) is 6.50. The first kappa shape index (κ1) is 16.0. The number of hydrogen-bond donors (Lipinski definition) is 2. The van der Waals surface area contributed by atoms with E-state index >= 15 is 0 Å². The molecule has 1 saturated carbocycles. The number of hydrogen-bond acceptors (Lipinski definition) is 4. The van der Waals surface area contributed by atoms with Crippen molar-refractivity contribution in [1.82, 2.24) is 0 Å². The number of aliphatic hydroxyl groups is 1. The lowest BCUT2D eigenvalue weighted by Crippen LogP contribution is -2.31. The Labute approximate surface area is 135 Å². The van der Waals surface area contributed by atoms with Gasteiger partial charge in [-0.25, -0.2) is 9.59 Å². The molecule has 0 amide bonds. The van der Waals surface area contributed by atoms with Crippen LogP contribution in [0.3, 0.4) is 0 Å². The Hall–Kier alpha value is -1.88. The van der Waals surface area contributed by atoms with Gasteiger partial charge in [0.25, 0.3) is 0 Å². The third-order valence-corrected chi connectivity index (χ3v) is 5.21. The summed E-state index contributed by atoms with van der Waals surface area (Å²) in [5.41, 5.74) is 2.42. The molecule has 0 spiro atoms. The highest BCUT2D eigenvalue weighted by Gasteiger charge is 2.35. The number of carboxylic acids is 1. The average molecular weight is 318 g/mol. The van der Waals surface area contributed by atoms with Crippen molar-refractivity contribution >= 4 is 11.9 Å². The minimum absolute atomic E-state index is 0.0413. The third kappa shape index (κ3) is 3.11. The fraction of sp³-hybridized carbons (Fsp3) is 0.556. The van der Waals surface area contributed by atoms with Crippen molar-refractivity contribution in [2.75, 3.05) is 13.2 Å². The van der Waals surface area contributed by atoms with Gasteiger partial charge in [0, 0.05) is 0 Å². The molecule has 3 rings (SSSR count). The smallest absolute Gasteiger partial charge is 0.338 e. The molecule has 0 aromatic heterocycles. The van der Waals surface area contributed by atoms with E-state index in [4.69, 9.17) is 9.84 Å². The van der Waals surface area contributed by atoms with Gasteiger partial charge in [-0.2, -0.15) is 0 Å². The molecule has 5 nitrogen and oxygen atoms in total. The lowest BCUT2D eigenvalue weighted by molar-refractivity contribution is 0.0430. The summed E-state index contributed by atoms with van der Waals surface area (Å²) >= 11 is 0. The molecule has 0 bridgehead atoms. The Morgan fingerprint density at radius 1 is 1.04 bits per heavy atom. The number of aliphatic hydroxyl groups excluding tert-OH is 1. The van der Waals surface area contributed by atoms with E-state index < -0.39 is 11.9 Å². The molecule has 2 unspecified atom stereocenters. The summed E-state index contributed by atoms with van der Waals surface area (Å²) < 4.78 is 5.04. The molecule has 0 aliphatic heterocycles. The fourth-order valence-corrected chi connectivity index (χ4v) is 4.11. The average Bonchev–Trinajstić information content (AvgIpc) is 2.56. The van der Waals surface area contributed by atoms with E-state index in [1.807, 2.05) is 0 Å². The van der Waals surface area contributed by atoms with Crippen LogP contribution in [-0.4, -0.2) is 35.4 Å². The maximum atomic E-state index is 12.2. The highest BCUT2D eigenvalue weighted by atomic mass is 16.5. The van der Waals surface area contributed by atoms with Gasteiger partial charge >= 0.3 is 11.9 Å². The van der Waals surface area contributed by atoms with Crippen molar-refractivity contribution < 1.29 is 24.5 Å². The Kier molecular flexibility index (Phi) is 4.66. The largest absolute Gasteiger partial charge is 0.478 e. The number of carbonyl (C=O) groups is 2. The van der Waals surface area contributed by atoms with Gasteiger partial charge in [-0.1, -0.05) is 12.8 Å². The lowest BCUT2D eigenvalue weighted by Gasteiger charge is -2.37. The normalized spacial score (nSPS) is 22.8. The SMILES string of the molecule is O=C(O)c1ccc(C(=O)OCCO)c2c1CC1CCCCC1C2. The van der Waals surface area contributed by atoms with Crippen LogP contribution in [0.5, 0.6) is 0 Å². The predicted octanol–water partition coefficient (Wildman–Crippen LogP) is 2.44. The molecule has 2 aliphatic rings. The molecule has 124 valence electrons. The van der Waals surface area contributed by atoms with Crippen molar-refractivity contribution in [3.8, 4) is 0 Å². The van der Waals surface area contributed by atoms with E-state index in [1.54, 1.807) is 6.07 Å². The first-order chi connectivity index (χ1) is 11.1. The summed E-state index contributed by atoms with van der Waals surface area (Å²) in [5.74, 6) is -0.352. The summed E-state index contributed by atoms with van der Waals surface area (Å²) in [7, 11) is 0. The summed E-state index contributed by atoms with van der Waals surface area (Å²) in [6.45, 7) is -0.258. The fourth-order valence-electron chi connectivity index (χ4n) is 4.11. The molecule has 23 heavy (non-hydrogen) atoms. The van der Waals surface area contributed by atoms with Crippen LogP contribution >= 0.6 is 0 Å². The summed E-state index contributed by atoms with van der Waals surface area (Å²) in [6, 6.07) is 3.07. The van der Waals surface area contributed by atoms with Gasteiger partial charge in [-0.3, -0.25) is 0 Å². The van der Waals surface area contributed by atoms with E-state index in [-0.39, 0.29) is 13.2 Å². The Balaban J connectivity index is 2.00. The molecule has 5 heteroatoms. The van der Waals surface area contributed by atoms with Gasteiger partial charge in [0.05, 0.1) is 17.7 Å². The Bertz CT molecular complexity index is 622. The molecule has 1 aromatic carbocycles. The van der Waals surface area contributed by atoms with Crippen LogP contribution in [0.1, 0.15) is 57.5 Å². The quantitative estimate of drug-likeness (QED) is 0.833. The molecule has 1 fully saturated rings. The number of rotatable bonds is 4. The molecular formula is C18H22O5. The Morgan fingerprint density at radius 3 is 2.17 bits per heavy atom.